The van der Waals surface area contributed by atoms with Crippen molar-refractivity contribution in [2.24, 2.45) is 0 Å². The number of piperidine rings is 1. The number of ether oxygens (including phenoxy) is 1. The Bertz CT molecular complexity index is 547. The van der Waals surface area contributed by atoms with Crippen LogP contribution in [0.1, 0.15) is 50.7 Å². The van der Waals surface area contributed by atoms with Gasteiger partial charge in [0.25, 0.3) is 0 Å². The molecule has 26 heavy (non-hydrogen) atoms. The highest BCUT2D eigenvalue weighted by Crippen LogP contribution is 2.41. The van der Waals surface area contributed by atoms with E-state index in [1.807, 2.05) is 0 Å². The van der Waals surface area contributed by atoms with Crippen LogP contribution in [0.25, 0.3) is 0 Å². The molecule has 0 amide bonds. The van der Waals surface area contributed by atoms with Crippen molar-refractivity contribution >= 4 is 0 Å². The number of nitrogens with zero attached hydrogens (tertiary/aromatic N) is 1. The Hall–Kier alpha value is -1.64. The molecule has 0 bridgehead atoms. The van der Waals surface area contributed by atoms with Gasteiger partial charge in [0.1, 0.15) is 0 Å². The van der Waals surface area contributed by atoms with Crippen LogP contribution in [0.4, 0.5) is 0 Å². The van der Waals surface area contributed by atoms with E-state index >= 15 is 0 Å². The van der Waals surface area contributed by atoms with Crippen LogP contribution in [0.2, 0.25) is 0 Å². The van der Waals surface area contributed by atoms with Crippen molar-refractivity contribution in [1.29, 1.82) is 0 Å². The van der Waals surface area contributed by atoms with Gasteiger partial charge in [0.05, 0.1) is 0 Å². The van der Waals surface area contributed by atoms with Gasteiger partial charge in [0.15, 0.2) is 0 Å². The second kappa shape index (κ2) is 11.2. The molecule has 0 N–H and O–H groups in total. The summed E-state index contributed by atoms with van der Waals surface area (Å²) in [6.45, 7) is 8.58. The number of benzene rings is 2. The average molecular weight is 354 g/mol. The fourth-order valence-corrected chi connectivity index (χ4v) is 3.85. The summed E-state index contributed by atoms with van der Waals surface area (Å²) < 4.78 is 5.19. The molecule has 0 saturated carbocycles. The zero-order valence-electron chi connectivity index (χ0n) is 16.8. The molecule has 1 heterocycles. The zero-order valence-corrected chi connectivity index (χ0v) is 16.8. The molecule has 1 saturated heterocycles. The maximum Gasteiger partial charge on any atom is 0.0474 e. The van der Waals surface area contributed by atoms with Crippen molar-refractivity contribution in [3.63, 3.8) is 0 Å². The van der Waals surface area contributed by atoms with E-state index in [4.69, 9.17) is 4.74 Å². The fraction of sp³-hybridized carbons (Fsp3) is 0.500. The fourth-order valence-electron chi connectivity index (χ4n) is 3.85. The van der Waals surface area contributed by atoms with Crippen LogP contribution >= 0.6 is 0 Å². The summed E-state index contributed by atoms with van der Waals surface area (Å²) in [5.74, 6) is 0. The summed E-state index contributed by atoms with van der Waals surface area (Å²) in [5, 5.41) is 0. The number of likely N-dealkylation sites (tertiary alicyclic amines) is 1. The van der Waals surface area contributed by atoms with Gasteiger partial charge in [0.2, 0.25) is 0 Å². The number of hydrogen-bond acceptors (Lipinski definition) is 2. The summed E-state index contributed by atoms with van der Waals surface area (Å²) >= 11 is 0. The van der Waals surface area contributed by atoms with Crippen molar-refractivity contribution in [3.8, 4) is 0 Å². The molecule has 0 aromatic heterocycles. The molecule has 0 spiro atoms. The molecule has 1 aliphatic heterocycles. The van der Waals surface area contributed by atoms with Gasteiger partial charge in [-0.1, -0.05) is 80.9 Å². The third kappa shape index (κ3) is 5.43. The summed E-state index contributed by atoms with van der Waals surface area (Å²) in [4.78, 5) is 2.59. The third-order valence-electron chi connectivity index (χ3n) is 5.19. The standard InChI is InChI=1S/C21H27NO.C3H8/c1-23-18-8-15-22-16-13-21(14-17-22,19-9-4-2-5-10-19)20-11-6-3-7-12-20;1-3-2/h2-7,9-12H,8,13-18H2,1H3;3H2,1-2H3. The first-order chi connectivity index (χ1) is 12.8. The molecular weight excluding hydrogens is 318 g/mol. The molecular formula is C24H35NO. The van der Waals surface area contributed by atoms with E-state index in [1.165, 1.54) is 30.4 Å². The first kappa shape index (κ1) is 20.7. The second-order valence-corrected chi connectivity index (χ2v) is 7.21. The second-order valence-electron chi connectivity index (χ2n) is 7.21. The van der Waals surface area contributed by atoms with Crippen LogP contribution in [-0.4, -0.2) is 38.3 Å². The Labute approximate surface area is 160 Å². The number of methoxy groups -OCH3 is 1. The molecule has 3 rings (SSSR count). The number of hydrogen-bond donors (Lipinski definition) is 0. The molecule has 142 valence electrons. The molecule has 0 unspecified atom stereocenters. The minimum atomic E-state index is 0.167. The predicted molar refractivity (Wildman–Crippen MR) is 112 cm³/mol. The molecule has 2 aromatic carbocycles. The topological polar surface area (TPSA) is 12.5 Å². The van der Waals surface area contributed by atoms with Crippen molar-refractivity contribution in [2.45, 2.75) is 44.9 Å². The predicted octanol–water partition coefficient (Wildman–Crippen LogP) is 5.52. The summed E-state index contributed by atoms with van der Waals surface area (Å²) in [6, 6.07) is 22.1. The van der Waals surface area contributed by atoms with Crippen LogP contribution < -0.4 is 0 Å². The molecule has 2 heteroatoms. The van der Waals surface area contributed by atoms with E-state index in [1.54, 1.807) is 7.11 Å². The summed E-state index contributed by atoms with van der Waals surface area (Å²) in [7, 11) is 1.78. The summed E-state index contributed by atoms with van der Waals surface area (Å²) in [6.07, 6.45) is 4.75. The smallest absolute Gasteiger partial charge is 0.0474 e. The molecule has 0 atom stereocenters. The van der Waals surface area contributed by atoms with Gasteiger partial charge in [-0.3, -0.25) is 0 Å². The lowest BCUT2D eigenvalue weighted by Gasteiger charge is -2.43. The van der Waals surface area contributed by atoms with E-state index in [2.05, 4.69) is 79.4 Å². The van der Waals surface area contributed by atoms with E-state index in [0.29, 0.717) is 0 Å². The molecule has 2 aromatic rings. The van der Waals surface area contributed by atoms with Crippen LogP contribution in [0, 0.1) is 0 Å². The first-order valence-corrected chi connectivity index (χ1v) is 10.1. The van der Waals surface area contributed by atoms with Crippen LogP contribution in [0.3, 0.4) is 0 Å². The maximum atomic E-state index is 5.19. The van der Waals surface area contributed by atoms with Crippen molar-refractivity contribution in [3.05, 3.63) is 71.8 Å². The Kier molecular flexibility index (Phi) is 8.87. The minimum Gasteiger partial charge on any atom is -0.385 e. The molecule has 0 radical (unpaired) electrons. The highest BCUT2D eigenvalue weighted by molar-refractivity contribution is 5.40. The highest BCUT2D eigenvalue weighted by atomic mass is 16.5. The Morgan fingerprint density at radius 2 is 1.31 bits per heavy atom. The monoisotopic (exact) mass is 353 g/mol. The van der Waals surface area contributed by atoms with Gasteiger partial charge >= 0.3 is 0 Å². The SMILES string of the molecule is CCC.COCCCN1CCC(c2ccccc2)(c2ccccc2)CC1. The van der Waals surface area contributed by atoms with Crippen molar-refractivity contribution in [1.82, 2.24) is 4.90 Å². The zero-order chi connectivity index (χ0) is 18.7. The van der Waals surface area contributed by atoms with E-state index in [0.717, 1.165) is 32.7 Å². The first-order valence-electron chi connectivity index (χ1n) is 10.1. The lowest BCUT2D eigenvalue weighted by Crippen LogP contribution is -2.43. The Morgan fingerprint density at radius 3 is 1.73 bits per heavy atom. The van der Waals surface area contributed by atoms with Crippen molar-refractivity contribution < 1.29 is 4.74 Å². The minimum absolute atomic E-state index is 0.167. The maximum absolute atomic E-state index is 5.19. The Morgan fingerprint density at radius 1 is 0.846 bits per heavy atom. The summed E-state index contributed by atoms with van der Waals surface area (Å²) in [5.41, 5.74) is 3.09. The van der Waals surface area contributed by atoms with Gasteiger partial charge < -0.3 is 9.64 Å². The van der Waals surface area contributed by atoms with Crippen LogP contribution in [0.5, 0.6) is 0 Å². The van der Waals surface area contributed by atoms with Crippen molar-refractivity contribution in [2.75, 3.05) is 33.4 Å². The van der Waals surface area contributed by atoms with Gasteiger partial charge in [-0.05, 0) is 43.5 Å². The Balaban J connectivity index is 0.000000758. The van der Waals surface area contributed by atoms with Crippen LogP contribution in [0.15, 0.2) is 60.7 Å². The molecule has 1 aliphatic rings. The molecule has 1 fully saturated rings. The van der Waals surface area contributed by atoms with Crippen LogP contribution in [-0.2, 0) is 10.2 Å². The van der Waals surface area contributed by atoms with Gasteiger partial charge in [0, 0.05) is 25.7 Å². The third-order valence-corrected chi connectivity index (χ3v) is 5.19. The normalized spacial score (nSPS) is 16.6. The van der Waals surface area contributed by atoms with E-state index in [-0.39, 0.29) is 5.41 Å². The molecule has 2 nitrogen and oxygen atoms in total. The quantitative estimate of drug-likeness (QED) is 0.634. The van der Waals surface area contributed by atoms with Gasteiger partial charge in [-0.2, -0.15) is 0 Å². The van der Waals surface area contributed by atoms with E-state index in [9.17, 15) is 0 Å². The van der Waals surface area contributed by atoms with E-state index < -0.39 is 0 Å². The van der Waals surface area contributed by atoms with Gasteiger partial charge in [-0.15, -0.1) is 0 Å². The molecule has 0 aliphatic carbocycles. The lowest BCUT2D eigenvalue weighted by molar-refractivity contribution is 0.144. The number of rotatable bonds is 6. The highest BCUT2D eigenvalue weighted by Gasteiger charge is 2.37. The largest absolute Gasteiger partial charge is 0.385 e. The lowest BCUT2D eigenvalue weighted by atomic mass is 9.68. The average Bonchev–Trinajstić information content (AvgIpc) is 2.71. The van der Waals surface area contributed by atoms with Gasteiger partial charge in [-0.25, -0.2) is 0 Å².